The maximum Gasteiger partial charge on any atom is 0.333 e. The van der Waals surface area contributed by atoms with Crippen molar-refractivity contribution in [3.05, 3.63) is 12.2 Å². The SMILES string of the molecule is C=C(C)C(=O)OCCC(=O)C(C)Cl. The van der Waals surface area contributed by atoms with E-state index in [4.69, 9.17) is 16.3 Å². The van der Waals surface area contributed by atoms with E-state index in [1.54, 1.807) is 13.8 Å². The molecular weight excluding hydrogens is 192 g/mol. The summed E-state index contributed by atoms with van der Waals surface area (Å²) in [5.41, 5.74) is 0.325. The molecule has 74 valence electrons. The van der Waals surface area contributed by atoms with Gasteiger partial charge in [0.1, 0.15) is 0 Å². The minimum Gasteiger partial charge on any atom is -0.462 e. The van der Waals surface area contributed by atoms with Gasteiger partial charge in [0.2, 0.25) is 0 Å². The second-order valence-corrected chi connectivity index (χ2v) is 3.40. The number of ether oxygens (including phenoxy) is 1. The van der Waals surface area contributed by atoms with Gasteiger partial charge in [-0.05, 0) is 13.8 Å². The lowest BCUT2D eigenvalue weighted by Crippen LogP contribution is -2.15. The largest absolute Gasteiger partial charge is 0.462 e. The van der Waals surface area contributed by atoms with E-state index in [1.807, 2.05) is 0 Å². The van der Waals surface area contributed by atoms with Gasteiger partial charge in [0.25, 0.3) is 0 Å². The Kier molecular flexibility index (Phi) is 5.39. The number of rotatable bonds is 5. The highest BCUT2D eigenvalue weighted by atomic mass is 35.5. The fourth-order valence-electron chi connectivity index (χ4n) is 0.566. The number of ketones is 1. The van der Waals surface area contributed by atoms with Crippen molar-refractivity contribution in [3.8, 4) is 0 Å². The van der Waals surface area contributed by atoms with Crippen LogP contribution in [0.4, 0.5) is 0 Å². The number of hydrogen-bond acceptors (Lipinski definition) is 3. The molecule has 0 N–H and O–H groups in total. The zero-order valence-corrected chi connectivity index (χ0v) is 8.56. The molecule has 0 aliphatic rings. The molecule has 0 aromatic carbocycles. The third kappa shape index (κ3) is 5.42. The monoisotopic (exact) mass is 204 g/mol. The standard InChI is InChI=1S/C9H13ClO3/c1-6(2)9(12)13-5-4-8(11)7(3)10/h7H,1,4-5H2,2-3H3. The molecule has 13 heavy (non-hydrogen) atoms. The third-order valence-corrected chi connectivity index (χ3v) is 1.62. The minimum absolute atomic E-state index is 0.0710. The number of alkyl halides is 1. The lowest BCUT2D eigenvalue weighted by Gasteiger charge is -2.04. The smallest absolute Gasteiger partial charge is 0.333 e. The Bertz CT molecular complexity index is 221. The molecule has 0 aromatic rings. The summed E-state index contributed by atoms with van der Waals surface area (Å²) in [5.74, 6) is -0.605. The highest BCUT2D eigenvalue weighted by molar-refractivity contribution is 6.30. The fourth-order valence-corrected chi connectivity index (χ4v) is 0.676. The summed E-state index contributed by atoms with van der Waals surface area (Å²) in [5, 5.41) is -0.525. The van der Waals surface area contributed by atoms with Crippen molar-refractivity contribution in [1.82, 2.24) is 0 Å². The molecule has 0 aliphatic heterocycles. The van der Waals surface area contributed by atoms with Gasteiger partial charge in [0.05, 0.1) is 12.0 Å². The number of esters is 1. The predicted octanol–water partition coefficient (Wildman–Crippen LogP) is 1.69. The third-order valence-electron chi connectivity index (χ3n) is 1.37. The van der Waals surface area contributed by atoms with Crippen molar-refractivity contribution in [3.63, 3.8) is 0 Å². The first kappa shape index (κ1) is 12.2. The van der Waals surface area contributed by atoms with Crippen LogP contribution in [0.3, 0.4) is 0 Å². The molecule has 4 heteroatoms. The first-order valence-electron chi connectivity index (χ1n) is 3.94. The molecule has 0 heterocycles. The Balaban J connectivity index is 3.63. The summed E-state index contributed by atoms with van der Waals surface area (Å²) in [6.07, 6.45) is 0.156. The summed E-state index contributed by atoms with van der Waals surface area (Å²) < 4.78 is 4.71. The van der Waals surface area contributed by atoms with Crippen LogP contribution >= 0.6 is 11.6 Å². The summed E-state index contributed by atoms with van der Waals surface area (Å²) in [7, 11) is 0. The van der Waals surface area contributed by atoms with Crippen molar-refractivity contribution in [1.29, 1.82) is 0 Å². The normalized spacial score (nSPS) is 11.9. The van der Waals surface area contributed by atoms with Gasteiger partial charge < -0.3 is 4.74 Å². The van der Waals surface area contributed by atoms with E-state index >= 15 is 0 Å². The van der Waals surface area contributed by atoms with Crippen LogP contribution in [0.15, 0.2) is 12.2 Å². The molecule has 0 saturated carbocycles. The molecule has 3 nitrogen and oxygen atoms in total. The van der Waals surface area contributed by atoms with Crippen molar-refractivity contribution in [2.45, 2.75) is 25.6 Å². The highest BCUT2D eigenvalue weighted by Crippen LogP contribution is 2.00. The van der Waals surface area contributed by atoms with Crippen LogP contribution in [0.5, 0.6) is 0 Å². The molecule has 0 aromatic heterocycles. The Morgan fingerprint density at radius 1 is 1.54 bits per heavy atom. The molecule has 0 fully saturated rings. The molecule has 0 amide bonds. The molecule has 0 rings (SSSR count). The fraction of sp³-hybridized carbons (Fsp3) is 0.556. The van der Waals surface area contributed by atoms with Crippen molar-refractivity contribution in [2.75, 3.05) is 6.61 Å². The van der Waals surface area contributed by atoms with Gasteiger partial charge in [0.15, 0.2) is 5.78 Å². The molecule has 1 unspecified atom stereocenters. The summed E-state index contributed by atoms with van der Waals surface area (Å²) in [6.45, 7) is 6.61. The van der Waals surface area contributed by atoms with Crippen molar-refractivity contribution < 1.29 is 14.3 Å². The lowest BCUT2D eigenvalue weighted by molar-refractivity contribution is -0.139. The van der Waals surface area contributed by atoms with E-state index in [-0.39, 0.29) is 18.8 Å². The summed E-state index contributed by atoms with van der Waals surface area (Å²) in [4.78, 5) is 21.8. The number of halogens is 1. The maximum absolute atomic E-state index is 10.9. The van der Waals surface area contributed by atoms with Crippen LogP contribution in [0, 0.1) is 0 Å². The Morgan fingerprint density at radius 3 is 2.46 bits per heavy atom. The first-order valence-corrected chi connectivity index (χ1v) is 4.38. The van der Waals surface area contributed by atoms with Gasteiger partial charge in [-0.3, -0.25) is 4.79 Å². The average Bonchev–Trinajstić information content (AvgIpc) is 2.03. The van der Waals surface area contributed by atoms with E-state index in [1.165, 1.54) is 0 Å². The molecule has 0 aliphatic carbocycles. The predicted molar refractivity (Wildman–Crippen MR) is 50.7 cm³/mol. The molecule has 1 atom stereocenters. The average molecular weight is 205 g/mol. The number of hydrogen-bond donors (Lipinski definition) is 0. The molecule has 0 spiro atoms. The van der Waals surface area contributed by atoms with E-state index < -0.39 is 11.3 Å². The Hall–Kier alpha value is -0.830. The second kappa shape index (κ2) is 5.75. The number of carbonyl (C=O) groups is 2. The number of carbonyl (C=O) groups excluding carboxylic acids is 2. The van der Waals surface area contributed by atoms with Gasteiger partial charge >= 0.3 is 5.97 Å². The highest BCUT2D eigenvalue weighted by Gasteiger charge is 2.10. The Morgan fingerprint density at radius 2 is 2.08 bits per heavy atom. The Labute approximate surface area is 82.7 Å². The van der Waals surface area contributed by atoms with Crippen LogP contribution in [0.1, 0.15) is 20.3 Å². The van der Waals surface area contributed by atoms with Crippen molar-refractivity contribution in [2.24, 2.45) is 0 Å². The molecule has 0 saturated heterocycles. The summed E-state index contributed by atoms with van der Waals surface area (Å²) in [6, 6.07) is 0. The zero-order valence-electron chi connectivity index (χ0n) is 7.80. The van der Waals surface area contributed by atoms with E-state index in [0.717, 1.165) is 0 Å². The molecule has 0 radical (unpaired) electrons. The van der Waals surface area contributed by atoms with Crippen LogP contribution in [0.25, 0.3) is 0 Å². The van der Waals surface area contributed by atoms with Crippen LogP contribution < -0.4 is 0 Å². The van der Waals surface area contributed by atoms with E-state index in [0.29, 0.717) is 5.57 Å². The minimum atomic E-state index is -0.525. The maximum atomic E-state index is 10.9. The lowest BCUT2D eigenvalue weighted by atomic mass is 10.2. The van der Waals surface area contributed by atoms with Gasteiger partial charge in [-0.2, -0.15) is 0 Å². The quantitative estimate of drug-likeness (QED) is 0.389. The topological polar surface area (TPSA) is 43.4 Å². The molecule has 0 bridgehead atoms. The van der Waals surface area contributed by atoms with Crippen LogP contribution in [0.2, 0.25) is 0 Å². The molecular formula is C9H13ClO3. The van der Waals surface area contributed by atoms with Gasteiger partial charge in [-0.25, -0.2) is 4.79 Å². The zero-order chi connectivity index (χ0) is 10.4. The van der Waals surface area contributed by atoms with Gasteiger partial charge in [0, 0.05) is 12.0 Å². The number of Topliss-reactive ketones (excluding diaryl/α,β-unsaturated/α-hetero) is 1. The van der Waals surface area contributed by atoms with E-state index in [2.05, 4.69) is 6.58 Å². The first-order chi connectivity index (χ1) is 5.95. The van der Waals surface area contributed by atoms with Crippen LogP contribution in [-0.4, -0.2) is 23.7 Å². The second-order valence-electron chi connectivity index (χ2n) is 2.75. The summed E-state index contributed by atoms with van der Waals surface area (Å²) >= 11 is 5.50. The van der Waals surface area contributed by atoms with Crippen molar-refractivity contribution >= 4 is 23.4 Å². The van der Waals surface area contributed by atoms with Gasteiger partial charge in [-0.15, -0.1) is 11.6 Å². The van der Waals surface area contributed by atoms with Gasteiger partial charge in [-0.1, -0.05) is 6.58 Å². The van der Waals surface area contributed by atoms with Crippen LogP contribution in [-0.2, 0) is 14.3 Å². The van der Waals surface area contributed by atoms with E-state index in [9.17, 15) is 9.59 Å².